The fraction of sp³-hybridized carbons (Fsp3) is 0.636. The first-order valence-corrected chi connectivity index (χ1v) is 15.9. The van der Waals surface area contributed by atoms with E-state index in [9.17, 15) is 9.59 Å². The zero-order valence-electron chi connectivity index (χ0n) is 28.1. The number of methoxy groups -OCH3 is 3. The molecule has 2 aromatic heterocycles. The highest BCUT2D eigenvalue weighted by atomic mass is 16.6. The Morgan fingerprint density at radius 1 is 0.787 bits per heavy atom. The predicted molar refractivity (Wildman–Crippen MR) is 171 cm³/mol. The number of carbonyl (C=O) groups excluding carboxylic acids is 2. The smallest absolute Gasteiger partial charge is 0.356 e. The largest absolute Gasteiger partial charge is 0.464 e. The highest BCUT2D eigenvalue weighted by Crippen LogP contribution is 2.12. The van der Waals surface area contributed by atoms with Crippen molar-refractivity contribution in [2.75, 3.05) is 107 Å². The number of hydrogen-bond donors (Lipinski definition) is 0. The number of esters is 2. The molecule has 1 fully saturated rings. The van der Waals surface area contributed by atoms with Gasteiger partial charge in [-0.3, -0.25) is 9.80 Å². The molecule has 0 aromatic carbocycles. The third-order valence-corrected chi connectivity index (χ3v) is 7.22. The van der Waals surface area contributed by atoms with Crippen LogP contribution in [0.1, 0.15) is 44.9 Å². The molecule has 0 N–H and O–H groups in total. The highest BCUT2D eigenvalue weighted by molar-refractivity contribution is 5.87. The first-order chi connectivity index (χ1) is 22.9. The van der Waals surface area contributed by atoms with E-state index in [1.165, 1.54) is 14.2 Å². The van der Waals surface area contributed by atoms with Crippen LogP contribution in [0, 0.1) is 0 Å². The molecule has 14 heteroatoms. The molecule has 262 valence electrons. The van der Waals surface area contributed by atoms with Crippen LogP contribution >= 0.6 is 0 Å². The molecule has 0 bridgehead atoms. The molecule has 3 heterocycles. The molecular weight excluding hydrogens is 612 g/mol. The lowest BCUT2D eigenvalue weighted by atomic mass is 10.2. The zero-order chi connectivity index (χ0) is 33.7. The van der Waals surface area contributed by atoms with E-state index in [2.05, 4.69) is 19.8 Å². The van der Waals surface area contributed by atoms with Gasteiger partial charge in [0.25, 0.3) is 0 Å². The van der Waals surface area contributed by atoms with Crippen LogP contribution in [0.5, 0.6) is 0 Å². The van der Waals surface area contributed by atoms with Crippen LogP contribution in [0.4, 0.5) is 0 Å². The van der Waals surface area contributed by atoms with Crippen molar-refractivity contribution in [1.82, 2.24) is 19.8 Å². The van der Waals surface area contributed by atoms with Crippen molar-refractivity contribution in [2.45, 2.75) is 32.7 Å². The Balaban J connectivity index is 1.64. The fourth-order valence-electron chi connectivity index (χ4n) is 4.83. The van der Waals surface area contributed by atoms with Gasteiger partial charge in [0.2, 0.25) is 0 Å². The lowest BCUT2D eigenvalue weighted by molar-refractivity contribution is -0.0668. The Kier molecular flexibility index (Phi) is 18.4. The molecule has 2 aromatic rings. The lowest BCUT2D eigenvalue weighted by Gasteiger charge is -2.25. The van der Waals surface area contributed by atoms with Crippen LogP contribution in [0.15, 0.2) is 30.3 Å². The van der Waals surface area contributed by atoms with E-state index < -0.39 is 11.9 Å². The summed E-state index contributed by atoms with van der Waals surface area (Å²) in [6.07, 6.45) is -0.254. The number of rotatable bonds is 11. The van der Waals surface area contributed by atoms with E-state index in [1.807, 2.05) is 19.1 Å². The number of nitrogens with zero attached hydrogens (tertiary/aromatic N) is 4. The van der Waals surface area contributed by atoms with Gasteiger partial charge in [0.05, 0.1) is 85.1 Å². The molecule has 1 aliphatic rings. The van der Waals surface area contributed by atoms with Gasteiger partial charge >= 0.3 is 11.9 Å². The van der Waals surface area contributed by atoms with E-state index >= 15 is 0 Å². The van der Waals surface area contributed by atoms with Crippen molar-refractivity contribution in [3.63, 3.8) is 0 Å². The van der Waals surface area contributed by atoms with E-state index in [0.717, 1.165) is 17.0 Å². The summed E-state index contributed by atoms with van der Waals surface area (Å²) in [7, 11) is 4.28. The minimum Gasteiger partial charge on any atom is -0.464 e. The Morgan fingerprint density at radius 2 is 1.40 bits per heavy atom. The van der Waals surface area contributed by atoms with Gasteiger partial charge in [-0.15, -0.1) is 0 Å². The molecule has 0 aliphatic carbocycles. The SMILES string of the molecule is CCOC[C@H]1COCCN(Cc2cccc(C(=O)OC)n2)CCOCCOCCN(Cc2cc(COC)cc(C(=O)OC)n2)CCO1. The first-order valence-electron chi connectivity index (χ1n) is 15.9. The minimum absolute atomic E-state index is 0.238. The van der Waals surface area contributed by atoms with E-state index in [4.69, 9.17) is 37.9 Å². The molecule has 0 amide bonds. The summed E-state index contributed by atoms with van der Waals surface area (Å²) in [5, 5.41) is 0. The second-order valence-electron chi connectivity index (χ2n) is 10.8. The quantitative estimate of drug-likeness (QED) is 0.324. The molecule has 0 radical (unpaired) electrons. The molecule has 1 saturated heterocycles. The maximum Gasteiger partial charge on any atom is 0.356 e. The topological polar surface area (TPSA) is 140 Å². The Labute approximate surface area is 277 Å². The van der Waals surface area contributed by atoms with Gasteiger partial charge in [-0.05, 0) is 36.8 Å². The Hall–Kier alpha value is -3.08. The van der Waals surface area contributed by atoms with Crippen molar-refractivity contribution < 1.29 is 47.5 Å². The van der Waals surface area contributed by atoms with Crippen LogP contribution in [0.25, 0.3) is 0 Å². The molecule has 3 rings (SSSR count). The third kappa shape index (κ3) is 14.7. The van der Waals surface area contributed by atoms with Gasteiger partial charge in [-0.1, -0.05) is 6.07 Å². The summed E-state index contributed by atoms with van der Waals surface area (Å²) in [5.41, 5.74) is 2.82. The van der Waals surface area contributed by atoms with Gasteiger partial charge in [0.1, 0.15) is 17.5 Å². The van der Waals surface area contributed by atoms with E-state index in [0.29, 0.717) is 105 Å². The molecule has 1 aliphatic heterocycles. The summed E-state index contributed by atoms with van der Waals surface area (Å²) < 4.78 is 44.8. The Bertz CT molecular complexity index is 1200. The van der Waals surface area contributed by atoms with Crippen molar-refractivity contribution in [3.8, 4) is 0 Å². The monoisotopic (exact) mass is 662 g/mol. The maximum atomic E-state index is 12.3. The van der Waals surface area contributed by atoms with Crippen LogP contribution in [-0.4, -0.2) is 145 Å². The second kappa shape index (κ2) is 22.5. The van der Waals surface area contributed by atoms with Gasteiger partial charge in [0.15, 0.2) is 0 Å². The molecule has 0 saturated carbocycles. The average molecular weight is 663 g/mol. The molecule has 0 unspecified atom stereocenters. The minimum atomic E-state index is -0.498. The molecular formula is C33H50N4O10. The van der Waals surface area contributed by atoms with Crippen molar-refractivity contribution in [1.29, 1.82) is 0 Å². The summed E-state index contributed by atoms with van der Waals surface area (Å²) >= 11 is 0. The molecule has 14 nitrogen and oxygen atoms in total. The van der Waals surface area contributed by atoms with E-state index in [1.54, 1.807) is 25.3 Å². The van der Waals surface area contributed by atoms with Crippen LogP contribution in [0.3, 0.4) is 0 Å². The molecule has 0 spiro atoms. The second-order valence-corrected chi connectivity index (χ2v) is 10.8. The average Bonchev–Trinajstić information content (AvgIpc) is 3.08. The van der Waals surface area contributed by atoms with Crippen molar-refractivity contribution in [3.05, 3.63) is 58.7 Å². The maximum absolute atomic E-state index is 12.3. The number of pyridine rings is 2. The van der Waals surface area contributed by atoms with Crippen LogP contribution in [-0.2, 0) is 57.6 Å². The van der Waals surface area contributed by atoms with Crippen LogP contribution < -0.4 is 0 Å². The normalized spacial score (nSPS) is 18.6. The zero-order valence-corrected chi connectivity index (χ0v) is 28.1. The predicted octanol–water partition coefficient (Wildman–Crippen LogP) is 1.99. The lowest BCUT2D eigenvalue weighted by Crippen LogP contribution is -2.35. The number of carbonyl (C=O) groups is 2. The molecule has 1 atom stereocenters. The first kappa shape index (κ1) is 38.4. The fourth-order valence-corrected chi connectivity index (χ4v) is 4.83. The molecule has 47 heavy (non-hydrogen) atoms. The van der Waals surface area contributed by atoms with Gasteiger partial charge in [-0.2, -0.15) is 0 Å². The number of hydrogen-bond acceptors (Lipinski definition) is 14. The van der Waals surface area contributed by atoms with Crippen molar-refractivity contribution in [2.24, 2.45) is 0 Å². The summed E-state index contributed by atoms with van der Waals surface area (Å²) in [6, 6.07) is 8.93. The van der Waals surface area contributed by atoms with E-state index in [-0.39, 0.29) is 17.5 Å². The summed E-state index contributed by atoms with van der Waals surface area (Å²) in [4.78, 5) is 37.6. The summed E-state index contributed by atoms with van der Waals surface area (Å²) in [5.74, 6) is -0.968. The summed E-state index contributed by atoms with van der Waals surface area (Å²) in [6.45, 7) is 9.88. The van der Waals surface area contributed by atoms with Crippen molar-refractivity contribution >= 4 is 11.9 Å². The Morgan fingerprint density at radius 3 is 2.06 bits per heavy atom. The van der Waals surface area contributed by atoms with Gasteiger partial charge in [-0.25, -0.2) is 19.6 Å². The number of aromatic nitrogens is 2. The standard InChI is InChI=1S/C33H50N4O10/c1-5-43-24-29-25-46-15-11-36(21-27-7-6-8-30(34-27)32(38)41-3)9-13-44-17-18-45-14-10-37(12-16-47-29)22-28-19-26(23-40-2)20-31(35-28)33(39)42-4/h6-8,19-20,29H,5,9-18,21-25H2,1-4H3/t29-/m0/s1. The number of ether oxygens (including phenoxy) is 8. The van der Waals surface area contributed by atoms with Gasteiger partial charge in [0, 0.05) is 53.0 Å². The van der Waals surface area contributed by atoms with Gasteiger partial charge < -0.3 is 37.9 Å². The van der Waals surface area contributed by atoms with Crippen LogP contribution in [0.2, 0.25) is 0 Å². The highest BCUT2D eigenvalue weighted by Gasteiger charge is 2.17. The third-order valence-electron chi connectivity index (χ3n) is 7.22.